The van der Waals surface area contributed by atoms with E-state index in [9.17, 15) is 9.59 Å². The molecule has 6 nitrogen and oxygen atoms in total. The molecule has 0 saturated heterocycles. The number of nitrogens with one attached hydrogen (secondary N) is 1. The monoisotopic (exact) mass is 294 g/mol. The molecule has 21 heavy (non-hydrogen) atoms. The Morgan fingerprint density at radius 3 is 2.76 bits per heavy atom. The number of urea groups is 1. The van der Waals surface area contributed by atoms with Gasteiger partial charge in [-0.05, 0) is 18.6 Å². The van der Waals surface area contributed by atoms with Crippen molar-refractivity contribution in [1.29, 1.82) is 0 Å². The zero-order valence-electron chi connectivity index (χ0n) is 12.5. The Bertz CT molecular complexity index is 476. The first kappa shape index (κ1) is 16.8. The van der Waals surface area contributed by atoms with Gasteiger partial charge in [-0.3, -0.25) is 0 Å². The highest BCUT2D eigenvalue weighted by atomic mass is 16.5. The number of amides is 2. The number of hydrogen-bond donors (Lipinski definition) is 2. The number of unbranched alkanes of at least 4 members (excludes halogenated alkanes) is 2. The molecule has 6 heteroatoms. The van der Waals surface area contributed by atoms with Crippen LogP contribution in [0, 0.1) is 0 Å². The topological polar surface area (TPSA) is 78.9 Å². The number of hydrogen-bond acceptors (Lipinski definition) is 3. The Hall–Kier alpha value is -2.24. The minimum Gasteiger partial charge on any atom is -0.482 e. The Balaban J connectivity index is 2.51. The summed E-state index contributed by atoms with van der Waals surface area (Å²) < 4.78 is 5.07. The average molecular weight is 294 g/mol. The summed E-state index contributed by atoms with van der Waals surface area (Å²) in [5.41, 5.74) is 0.574. The molecule has 2 N–H and O–H groups in total. The number of carbonyl (C=O) groups excluding carboxylic acids is 1. The minimum atomic E-state index is -1.04. The van der Waals surface area contributed by atoms with Crippen molar-refractivity contribution in [2.45, 2.75) is 26.2 Å². The molecule has 0 unspecified atom stereocenters. The molecule has 0 saturated carbocycles. The number of nitrogens with zero attached hydrogens (tertiary/aromatic N) is 1. The van der Waals surface area contributed by atoms with E-state index >= 15 is 0 Å². The quantitative estimate of drug-likeness (QED) is 0.723. The molecule has 1 aromatic rings. The SMILES string of the molecule is CCCCCN(C)C(=O)Nc1cccc(OCC(=O)O)c1. The fraction of sp³-hybridized carbons (Fsp3) is 0.467. The van der Waals surface area contributed by atoms with Crippen LogP contribution in [-0.2, 0) is 4.79 Å². The lowest BCUT2D eigenvalue weighted by Gasteiger charge is -2.18. The second-order valence-electron chi connectivity index (χ2n) is 4.77. The first-order valence-corrected chi connectivity index (χ1v) is 6.99. The number of carboxylic acid groups (broad SMARTS) is 1. The fourth-order valence-electron chi connectivity index (χ4n) is 1.73. The summed E-state index contributed by atoms with van der Waals surface area (Å²) in [5, 5.41) is 11.3. The Labute approximate surface area is 124 Å². The Kier molecular flexibility index (Phi) is 7.08. The third-order valence-corrected chi connectivity index (χ3v) is 2.89. The van der Waals surface area contributed by atoms with E-state index in [4.69, 9.17) is 9.84 Å². The van der Waals surface area contributed by atoms with Crippen molar-refractivity contribution < 1.29 is 19.4 Å². The molecule has 0 bridgehead atoms. The highest BCUT2D eigenvalue weighted by Crippen LogP contribution is 2.17. The average Bonchev–Trinajstić information content (AvgIpc) is 2.45. The molecule has 1 rings (SSSR count). The summed E-state index contributed by atoms with van der Waals surface area (Å²) >= 11 is 0. The maximum Gasteiger partial charge on any atom is 0.341 e. The van der Waals surface area contributed by atoms with Gasteiger partial charge in [0.2, 0.25) is 0 Å². The van der Waals surface area contributed by atoms with E-state index in [-0.39, 0.29) is 6.03 Å². The summed E-state index contributed by atoms with van der Waals surface area (Å²) in [5.74, 6) is -0.635. The molecule has 0 radical (unpaired) electrons. The normalized spacial score (nSPS) is 10.0. The third-order valence-electron chi connectivity index (χ3n) is 2.89. The van der Waals surface area contributed by atoms with Gasteiger partial charge in [-0.15, -0.1) is 0 Å². The van der Waals surface area contributed by atoms with Crippen molar-refractivity contribution in [3.63, 3.8) is 0 Å². The molecule has 116 valence electrons. The molecule has 0 fully saturated rings. The van der Waals surface area contributed by atoms with Gasteiger partial charge in [-0.1, -0.05) is 25.8 Å². The van der Waals surface area contributed by atoms with Crippen LogP contribution in [0.2, 0.25) is 0 Å². The second-order valence-corrected chi connectivity index (χ2v) is 4.77. The van der Waals surface area contributed by atoms with E-state index in [0.29, 0.717) is 18.0 Å². The highest BCUT2D eigenvalue weighted by Gasteiger charge is 2.09. The number of ether oxygens (including phenoxy) is 1. The smallest absolute Gasteiger partial charge is 0.341 e. The number of rotatable bonds is 8. The van der Waals surface area contributed by atoms with Gasteiger partial charge in [0.05, 0.1) is 0 Å². The van der Waals surface area contributed by atoms with E-state index < -0.39 is 12.6 Å². The maximum atomic E-state index is 12.0. The predicted octanol–water partition coefficient (Wildman–Crippen LogP) is 2.80. The van der Waals surface area contributed by atoms with Gasteiger partial charge >= 0.3 is 12.0 Å². The lowest BCUT2D eigenvalue weighted by Crippen LogP contribution is -2.32. The van der Waals surface area contributed by atoms with Crippen LogP contribution in [0.5, 0.6) is 5.75 Å². The van der Waals surface area contributed by atoms with Gasteiger partial charge in [0, 0.05) is 25.3 Å². The summed E-state index contributed by atoms with van der Waals surface area (Å²) in [6, 6.07) is 6.47. The summed E-state index contributed by atoms with van der Waals surface area (Å²) in [6.45, 7) is 2.41. The first-order valence-electron chi connectivity index (χ1n) is 6.99. The van der Waals surface area contributed by atoms with Crippen LogP contribution in [0.3, 0.4) is 0 Å². The van der Waals surface area contributed by atoms with Crippen LogP contribution < -0.4 is 10.1 Å². The van der Waals surface area contributed by atoms with E-state index in [1.807, 2.05) is 0 Å². The number of carboxylic acids is 1. The minimum absolute atomic E-state index is 0.193. The number of benzene rings is 1. The van der Waals surface area contributed by atoms with Crippen LogP contribution >= 0.6 is 0 Å². The highest BCUT2D eigenvalue weighted by molar-refractivity contribution is 5.89. The van der Waals surface area contributed by atoms with Crippen LogP contribution in [0.25, 0.3) is 0 Å². The van der Waals surface area contributed by atoms with Gasteiger partial charge < -0.3 is 20.1 Å². The fourth-order valence-corrected chi connectivity index (χ4v) is 1.73. The van der Waals surface area contributed by atoms with Gasteiger partial charge in [0.25, 0.3) is 0 Å². The largest absolute Gasteiger partial charge is 0.482 e. The second kappa shape index (κ2) is 8.84. The summed E-state index contributed by atoms with van der Waals surface area (Å²) in [6.07, 6.45) is 3.18. The summed E-state index contributed by atoms with van der Waals surface area (Å²) in [7, 11) is 1.75. The van der Waals surface area contributed by atoms with Crippen molar-refractivity contribution in [1.82, 2.24) is 4.90 Å². The van der Waals surface area contributed by atoms with E-state index in [1.165, 1.54) is 0 Å². The van der Waals surface area contributed by atoms with Crippen molar-refractivity contribution in [3.8, 4) is 5.75 Å². The van der Waals surface area contributed by atoms with Gasteiger partial charge in [0.15, 0.2) is 6.61 Å². The van der Waals surface area contributed by atoms with E-state index in [1.54, 1.807) is 36.2 Å². The van der Waals surface area contributed by atoms with Gasteiger partial charge in [-0.25, -0.2) is 9.59 Å². The molecule has 0 heterocycles. The first-order chi connectivity index (χ1) is 10.0. The van der Waals surface area contributed by atoms with Crippen LogP contribution in [0.4, 0.5) is 10.5 Å². The maximum absolute atomic E-state index is 12.0. The van der Waals surface area contributed by atoms with Crippen molar-refractivity contribution in [2.75, 3.05) is 25.5 Å². The standard InChI is InChI=1S/C15H22N2O4/c1-3-4-5-9-17(2)15(20)16-12-7-6-8-13(10-12)21-11-14(18)19/h6-8,10H,3-5,9,11H2,1-2H3,(H,16,20)(H,18,19). The van der Waals surface area contributed by atoms with Crippen molar-refractivity contribution in [2.24, 2.45) is 0 Å². The number of anilines is 1. The molecule has 0 aliphatic heterocycles. The lowest BCUT2D eigenvalue weighted by molar-refractivity contribution is -0.139. The molecule has 1 aromatic carbocycles. The number of carbonyl (C=O) groups is 2. The number of aliphatic carboxylic acids is 1. The molecule has 0 aromatic heterocycles. The molecule has 0 aliphatic rings. The van der Waals surface area contributed by atoms with Gasteiger partial charge in [0.1, 0.15) is 5.75 Å². The molecule has 0 aliphatic carbocycles. The van der Waals surface area contributed by atoms with Crippen molar-refractivity contribution in [3.05, 3.63) is 24.3 Å². The van der Waals surface area contributed by atoms with Crippen molar-refractivity contribution >= 4 is 17.7 Å². The molecule has 2 amide bonds. The molecular weight excluding hydrogens is 272 g/mol. The van der Waals surface area contributed by atoms with Crippen LogP contribution in [-0.4, -0.2) is 42.2 Å². The van der Waals surface area contributed by atoms with E-state index in [0.717, 1.165) is 19.3 Å². The van der Waals surface area contributed by atoms with Gasteiger partial charge in [-0.2, -0.15) is 0 Å². The van der Waals surface area contributed by atoms with Crippen LogP contribution in [0.15, 0.2) is 24.3 Å². The molecule has 0 spiro atoms. The van der Waals surface area contributed by atoms with Crippen LogP contribution in [0.1, 0.15) is 26.2 Å². The van der Waals surface area contributed by atoms with E-state index in [2.05, 4.69) is 12.2 Å². The zero-order chi connectivity index (χ0) is 15.7. The Morgan fingerprint density at radius 1 is 1.33 bits per heavy atom. The molecular formula is C15H22N2O4. The Morgan fingerprint density at radius 2 is 2.10 bits per heavy atom. The summed E-state index contributed by atoms with van der Waals surface area (Å²) in [4.78, 5) is 24.0. The third kappa shape index (κ3) is 6.65. The predicted molar refractivity (Wildman–Crippen MR) is 80.7 cm³/mol. The molecule has 0 atom stereocenters. The zero-order valence-corrected chi connectivity index (χ0v) is 12.5. The lowest BCUT2D eigenvalue weighted by atomic mass is 10.2.